The van der Waals surface area contributed by atoms with Crippen molar-refractivity contribution in [2.45, 2.75) is 31.8 Å². The first-order valence-electron chi connectivity index (χ1n) is 7.75. The largest absolute Gasteiger partial charge is 0.374 e. The molecule has 0 bridgehead atoms. The SMILES string of the molecule is [2H][B]CCN1C(=O)CCC1COCc1ccc(-c2nn[nH]n2)s1. The van der Waals surface area contributed by atoms with E-state index in [2.05, 4.69) is 20.6 Å². The number of ether oxygens (including phenoxy) is 1. The number of nitrogens with zero attached hydrogens (tertiary/aromatic N) is 4. The molecule has 2 aromatic heterocycles. The van der Waals surface area contributed by atoms with E-state index in [9.17, 15) is 4.79 Å². The van der Waals surface area contributed by atoms with Gasteiger partial charge >= 0.3 is 0 Å². The van der Waals surface area contributed by atoms with Crippen LogP contribution in [0.5, 0.6) is 0 Å². The Labute approximate surface area is 134 Å². The Morgan fingerprint density at radius 3 is 3.36 bits per heavy atom. The maximum Gasteiger partial charge on any atom is 0.222 e. The predicted molar refractivity (Wildman–Crippen MR) is 83.8 cm³/mol. The summed E-state index contributed by atoms with van der Waals surface area (Å²) in [6.45, 7) is 1.64. The number of carbonyl (C=O) groups excluding carboxylic acids is 1. The van der Waals surface area contributed by atoms with Crippen molar-refractivity contribution in [3.63, 3.8) is 0 Å². The Morgan fingerprint density at radius 2 is 2.55 bits per heavy atom. The number of aromatic nitrogens is 4. The van der Waals surface area contributed by atoms with Gasteiger partial charge in [-0.2, -0.15) is 5.21 Å². The molecule has 1 aliphatic rings. The molecule has 1 unspecified atom stereocenters. The summed E-state index contributed by atoms with van der Waals surface area (Å²) in [5.74, 6) is 0.747. The summed E-state index contributed by atoms with van der Waals surface area (Å²) in [4.78, 5) is 15.7. The van der Waals surface area contributed by atoms with Crippen LogP contribution in [0.4, 0.5) is 0 Å². The van der Waals surface area contributed by atoms with Gasteiger partial charge in [0.25, 0.3) is 0 Å². The van der Waals surface area contributed by atoms with Crippen LogP contribution >= 0.6 is 11.3 Å². The molecule has 1 atom stereocenters. The molecule has 0 saturated carbocycles. The van der Waals surface area contributed by atoms with Crippen molar-refractivity contribution in [1.82, 2.24) is 25.5 Å². The van der Waals surface area contributed by atoms with Crippen molar-refractivity contribution in [2.75, 3.05) is 13.2 Å². The van der Waals surface area contributed by atoms with E-state index in [0.29, 0.717) is 38.3 Å². The van der Waals surface area contributed by atoms with Crippen molar-refractivity contribution in [3.05, 3.63) is 17.0 Å². The van der Waals surface area contributed by atoms with Gasteiger partial charge in [-0.3, -0.25) is 4.79 Å². The highest BCUT2D eigenvalue weighted by molar-refractivity contribution is 7.15. The molecule has 3 heterocycles. The summed E-state index contributed by atoms with van der Waals surface area (Å²) < 4.78 is 12.9. The van der Waals surface area contributed by atoms with E-state index in [4.69, 9.17) is 6.07 Å². The maximum atomic E-state index is 11.8. The molecule has 0 aromatic carbocycles. The highest BCUT2D eigenvalue weighted by Gasteiger charge is 2.29. The van der Waals surface area contributed by atoms with Crippen LogP contribution < -0.4 is 0 Å². The number of hydrogen-bond donors (Lipinski definition) is 1. The van der Waals surface area contributed by atoms with E-state index in [0.717, 1.165) is 16.2 Å². The summed E-state index contributed by atoms with van der Waals surface area (Å²) in [6, 6.07) is 4.06. The standard InChI is InChI=1S/C13H17BN5O2S/c14-5-6-19-9(1-4-12(19)20)7-21-8-10-2-3-11(22-10)13-15-17-18-16-13/h2-3,9,14H,1,4-8H2,(H,15,16,17,18)/i14D. The minimum Gasteiger partial charge on any atom is -0.374 e. The normalized spacial score (nSPS) is 18.7. The van der Waals surface area contributed by atoms with Crippen LogP contribution in [0.2, 0.25) is 6.32 Å². The van der Waals surface area contributed by atoms with Crippen molar-refractivity contribution in [2.24, 2.45) is 0 Å². The topological polar surface area (TPSA) is 84.0 Å². The molecule has 1 aliphatic heterocycles. The van der Waals surface area contributed by atoms with Gasteiger partial charge < -0.3 is 9.64 Å². The smallest absolute Gasteiger partial charge is 0.222 e. The molecular formula is C13H17BN5O2S. The van der Waals surface area contributed by atoms with E-state index in [1.165, 1.54) is 7.81 Å². The van der Waals surface area contributed by atoms with Gasteiger partial charge in [0.2, 0.25) is 11.7 Å². The first kappa shape index (κ1) is 13.9. The number of hydrogen-bond acceptors (Lipinski definition) is 6. The lowest BCUT2D eigenvalue weighted by Gasteiger charge is -2.24. The fourth-order valence-corrected chi connectivity index (χ4v) is 3.42. The average Bonchev–Trinajstić information content (AvgIpc) is 3.27. The Balaban J connectivity index is 1.48. The predicted octanol–water partition coefficient (Wildman–Crippen LogP) is 0.755. The lowest BCUT2D eigenvalue weighted by atomic mass is 10.0. The van der Waals surface area contributed by atoms with Gasteiger partial charge in [-0.1, -0.05) is 6.32 Å². The first-order valence-corrected chi connectivity index (χ1v) is 7.99. The zero-order chi connectivity index (χ0) is 16.1. The fraction of sp³-hybridized carbons (Fsp3) is 0.538. The van der Waals surface area contributed by atoms with Gasteiger partial charge in [-0.05, 0) is 25.1 Å². The van der Waals surface area contributed by atoms with Crippen LogP contribution in [0.1, 0.15) is 17.7 Å². The van der Waals surface area contributed by atoms with Crippen molar-refractivity contribution in [3.8, 4) is 10.7 Å². The summed E-state index contributed by atoms with van der Waals surface area (Å²) in [6.07, 6.45) is 2.00. The van der Waals surface area contributed by atoms with Gasteiger partial charge in [0, 0.05) is 17.8 Å². The molecule has 1 saturated heterocycles. The molecule has 22 heavy (non-hydrogen) atoms. The Morgan fingerprint density at radius 1 is 1.59 bits per heavy atom. The van der Waals surface area contributed by atoms with Crippen LogP contribution in [0, 0.1) is 0 Å². The number of nitrogens with one attached hydrogen (secondary N) is 1. The Hall–Kier alpha value is -1.74. The van der Waals surface area contributed by atoms with Gasteiger partial charge in [0.1, 0.15) is 0 Å². The van der Waals surface area contributed by atoms with E-state index >= 15 is 0 Å². The maximum absolute atomic E-state index is 11.8. The van der Waals surface area contributed by atoms with Gasteiger partial charge in [0.15, 0.2) is 0 Å². The van der Waals surface area contributed by atoms with E-state index in [1.54, 1.807) is 11.3 Å². The Kier molecular flexibility index (Phi) is 4.43. The zero-order valence-corrected chi connectivity index (χ0v) is 12.9. The second kappa shape index (κ2) is 7.02. The van der Waals surface area contributed by atoms with Gasteiger partial charge in [-0.15, -0.1) is 21.5 Å². The summed E-state index contributed by atoms with van der Waals surface area (Å²) in [5.41, 5.74) is 0. The third-order valence-corrected chi connectivity index (χ3v) is 4.66. The molecule has 1 amide bonds. The molecule has 1 radical (unpaired) electrons. The molecule has 3 rings (SSSR count). The van der Waals surface area contributed by atoms with E-state index < -0.39 is 0 Å². The number of rotatable bonds is 8. The first-order chi connectivity index (χ1) is 11.3. The number of amides is 1. The molecular weight excluding hydrogens is 301 g/mol. The van der Waals surface area contributed by atoms with Crippen LogP contribution in [-0.4, -0.2) is 59.8 Å². The van der Waals surface area contributed by atoms with Gasteiger partial charge in [-0.25, -0.2) is 0 Å². The Bertz CT molecular complexity index is 638. The summed E-state index contributed by atoms with van der Waals surface area (Å²) in [5, 5.41) is 13.9. The third kappa shape index (κ3) is 3.36. The molecule has 1 N–H and O–H groups in total. The highest BCUT2D eigenvalue weighted by atomic mass is 32.1. The van der Waals surface area contributed by atoms with Crippen molar-refractivity contribution < 1.29 is 9.53 Å². The number of aromatic amines is 1. The summed E-state index contributed by atoms with van der Waals surface area (Å²) in [7, 11) is 1.34. The minimum absolute atomic E-state index is 0.124. The molecule has 0 aliphatic carbocycles. The van der Waals surface area contributed by atoms with Crippen LogP contribution in [0.3, 0.4) is 0 Å². The molecule has 115 valence electrons. The molecule has 1 fully saturated rings. The lowest BCUT2D eigenvalue weighted by Crippen LogP contribution is -2.36. The second-order valence-corrected chi connectivity index (χ2v) is 6.25. The minimum atomic E-state index is 0.124. The van der Waals surface area contributed by atoms with Crippen LogP contribution in [0.15, 0.2) is 12.1 Å². The monoisotopic (exact) mass is 319 g/mol. The third-order valence-electron chi connectivity index (χ3n) is 3.60. The molecule has 2 aromatic rings. The van der Waals surface area contributed by atoms with Crippen molar-refractivity contribution in [1.29, 1.82) is 1.34 Å². The number of thiophene rings is 1. The van der Waals surface area contributed by atoms with Crippen molar-refractivity contribution >= 4 is 25.1 Å². The van der Waals surface area contributed by atoms with E-state index in [1.807, 2.05) is 17.0 Å². The number of likely N-dealkylation sites (tertiary alicyclic amines) is 1. The molecule has 0 spiro atoms. The van der Waals surface area contributed by atoms with E-state index in [-0.39, 0.29) is 11.9 Å². The highest BCUT2D eigenvalue weighted by Crippen LogP contribution is 2.25. The van der Waals surface area contributed by atoms with Crippen LogP contribution in [0.25, 0.3) is 10.7 Å². The number of carbonyl (C=O) groups is 1. The number of tetrazole rings is 1. The lowest BCUT2D eigenvalue weighted by molar-refractivity contribution is -0.129. The molecule has 7 nitrogen and oxygen atoms in total. The second-order valence-electron chi connectivity index (χ2n) is 5.08. The quantitative estimate of drug-likeness (QED) is 0.726. The van der Waals surface area contributed by atoms with Gasteiger partial charge in [0.05, 0.1) is 31.9 Å². The zero-order valence-electron chi connectivity index (χ0n) is 13.1. The number of H-pyrrole nitrogens is 1. The fourth-order valence-electron chi connectivity index (χ4n) is 2.55. The molecule has 9 heteroatoms. The average molecular weight is 319 g/mol. The van der Waals surface area contributed by atoms with Crippen LogP contribution in [-0.2, 0) is 16.1 Å². The summed E-state index contributed by atoms with van der Waals surface area (Å²) >= 11 is 1.57.